The highest BCUT2D eigenvalue weighted by Gasteiger charge is 2.39. The largest absolute Gasteiger partial charge is 0.339 e. The summed E-state index contributed by atoms with van der Waals surface area (Å²) < 4.78 is 31.6. The predicted molar refractivity (Wildman–Crippen MR) is 86.5 cm³/mol. The van der Waals surface area contributed by atoms with E-state index in [9.17, 15) is 8.42 Å². The van der Waals surface area contributed by atoms with Crippen LogP contribution in [-0.4, -0.2) is 36.0 Å². The van der Waals surface area contributed by atoms with E-state index in [-0.39, 0.29) is 17.6 Å². The maximum absolute atomic E-state index is 12.4. The summed E-state index contributed by atoms with van der Waals surface area (Å²) >= 11 is 0. The van der Waals surface area contributed by atoms with Gasteiger partial charge in [-0.05, 0) is 12.5 Å². The lowest BCUT2D eigenvalue weighted by Crippen LogP contribution is -2.48. The Morgan fingerprint density at radius 1 is 1.35 bits per heavy atom. The highest BCUT2D eigenvalue weighted by Crippen LogP contribution is 2.30. The van der Waals surface area contributed by atoms with Crippen molar-refractivity contribution in [3.05, 3.63) is 47.1 Å². The Balaban J connectivity index is 1.63. The molecule has 0 unspecified atom stereocenters. The van der Waals surface area contributed by atoms with Gasteiger partial charge in [-0.3, -0.25) is 0 Å². The molecule has 3 rings (SSSR count). The number of aromatic nitrogens is 2. The Morgan fingerprint density at radius 3 is 2.70 bits per heavy atom. The van der Waals surface area contributed by atoms with Gasteiger partial charge in [0.2, 0.25) is 15.9 Å². The molecule has 23 heavy (non-hydrogen) atoms. The number of nitrogens with zero attached hydrogens (tertiary/aromatic N) is 3. The molecule has 1 aliphatic rings. The number of benzene rings is 1. The van der Waals surface area contributed by atoms with Crippen molar-refractivity contribution in [3.63, 3.8) is 0 Å². The summed E-state index contributed by atoms with van der Waals surface area (Å²) in [5.41, 5.74) is 1.87. The number of aryl methyl sites for hydroxylation is 1. The standard InChI is InChI=1S/C16H21N3O3S/c1-11(2)15-17-16(22-18-15)14-8-19(9-14)23(20,21)10-13-6-4-5-12(3)7-13/h4-7,11,14H,8-10H2,1-3H3. The minimum Gasteiger partial charge on any atom is -0.339 e. The maximum atomic E-state index is 12.4. The summed E-state index contributed by atoms with van der Waals surface area (Å²) in [5.74, 6) is 1.44. The number of sulfonamides is 1. The van der Waals surface area contributed by atoms with Crippen LogP contribution in [0.2, 0.25) is 0 Å². The zero-order valence-electron chi connectivity index (χ0n) is 13.6. The van der Waals surface area contributed by atoms with Crippen molar-refractivity contribution in [1.29, 1.82) is 0 Å². The summed E-state index contributed by atoms with van der Waals surface area (Å²) in [6, 6.07) is 7.58. The highest BCUT2D eigenvalue weighted by atomic mass is 32.2. The lowest BCUT2D eigenvalue weighted by molar-refractivity contribution is 0.216. The molecule has 2 heterocycles. The van der Waals surface area contributed by atoms with Crippen molar-refractivity contribution in [3.8, 4) is 0 Å². The molecule has 1 aliphatic heterocycles. The molecule has 1 aromatic heterocycles. The van der Waals surface area contributed by atoms with E-state index in [1.165, 1.54) is 4.31 Å². The fourth-order valence-electron chi connectivity index (χ4n) is 2.57. The van der Waals surface area contributed by atoms with E-state index < -0.39 is 10.0 Å². The third kappa shape index (κ3) is 3.45. The summed E-state index contributed by atoms with van der Waals surface area (Å²) in [6.45, 7) is 6.77. The van der Waals surface area contributed by atoms with Crippen LogP contribution in [0.5, 0.6) is 0 Å². The van der Waals surface area contributed by atoms with Gasteiger partial charge in [-0.2, -0.15) is 9.29 Å². The predicted octanol–water partition coefficient (Wildman–Crippen LogP) is 2.43. The van der Waals surface area contributed by atoms with Crippen LogP contribution in [0.4, 0.5) is 0 Å². The topological polar surface area (TPSA) is 76.3 Å². The van der Waals surface area contributed by atoms with Crippen LogP contribution in [0, 0.1) is 6.92 Å². The second-order valence-corrected chi connectivity index (χ2v) is 8.37. The minimum atomic E-state index is -3.30. The van der Waals surface area contributed by atoms with Gasteiger partial charge >= 0.3 is 0 Å². The Morgan fingerprint density at radius 2 is 2.09 bits per heavy atom. The average Bonchev–Trinajstić information content (AvgIpc) is 2.85. The van der Waals surface area contributed by atoms with Gasteiger partial charge in [-0.1, -0.05) is 48.8 Å². The molecule has 1 aromatic carbocycles. The lowest BCUT2D eigenvalue weighted by Gasteiger charge is -2.35. The molecule has 6 nitrogen and oxygen atoms in total. The van der Waals surface area contributed by atoms with E-state index in [2.05, 4.69) is 10.1 Å². The normalized spacial score (nSPS) is 16.7. The van der Waals surface area contributed by atoms with Gasteiger partial charge in [0.15, 0.2) is 5.82 Å². The Bertz CT molecular complexity index is 792. The molecule has 7 heteroatoms. The summed E-state index contributed by atoms with van der Waals surface area (Å²) in [7, 11) is -3.30. The molecule has 0 N–H and O–H groups in total. The van der Waals surface area contributed by atoms with Gasteiger partial charge < -0.3 is 4.52 Å². The van der Waals surface area contributed by atoms with Crippen molar-refractivity contribution in [2.75, 3.05) is 13.1 Å². The molecule has 2 aromatic rings. The van der Waals surface area contributed by atoms with E-state index in [0.29, 0.717) is 24.8 Å². The van der Waals surface area contributed by atoms with Crippen LogP contribution < -0.4 is 0 Å². The number of hydrogen-bond acceptors (Lipinski definition) is 5. The van der Waals surface area contributed by atoms with Gasteiger partial charge in [0.1, 0.15) is 0 Å². The third-order valence-corrected chi connectivity index (χ3v) is 5.78. The molecule has 0 amide bonds. The maximum Gasteiger partial charge on any atom is 0.232 e. The van der Waals surface area contributed by atoms with E-state index in [1.54, 1.807) is 0 Å². The zero-order valence-corrected chi connectivity index (χ0v) is 14.4. The zero-order chi connectivity index (χ0) is 16.6. The Labute approximate surface area is 136 Å². The third-order valence-electron chi connectivity index (χ3n) is 4.00. The molecule has 0 saturated carbocycles. The van der Waals surface area contributed by atoms with Gasteiger partial charge in [-0.15, -0.1) is 0 Å². The summed E-state index contributed by atoms with van der Waals surface area (Å²) in [6.07, 6.45) is 0. The van der Waals surface area contributed by atoms with Crippen LogP contribution in [0.15, 0.2) is 28.8 Å². The molecular weight excluding hydrogens is 314 g/mol. The molecule has 0 spiro atoms. The van der Waals surface area contributed by atoms with Gasteiger partial charge in [-0.25, -0.2) is 8.42 Å². The lowest BCUT2D eigenvalue weighted by atomic mass is 10.0. The molecule has 0 atom stereocenters. The molecule has 0 aliphatic carbocycles. The van der Waals surface area contributed by atoms with E-state index >= 15 is 0 Å². The number of hydrogen-bond donors (Lipinski definition) is 0. The van der Waals surface area contributed by atoms with Gasteiger partial charge in [0.05, 0.1) is 11.7 Å². The summed E-state index contributed by atoms with van der Waals surface area (Å²) in [4.78, 5) is 4.34. The van der Waals surface area contributed by atoms with Crippen LogP contribution >= 0.6 is 0 Å². The smallest absolute Gasteiger partial charge is 0.232 e. The molecular formula is C16H21N3O3S. The van der Waals surface area contributed by atoms with Crippen molar-refractivity contribution < 1.29 is 12.9 Å². The second-order valence-electron chi connectivity index (χ2n) is 6.40. The quantitative estimate of drug-likeness (QED) is 0.839. The van der Waals surface area contributed by atoms with Crippen molar-refractivity contribution in [1.82, 2.24) is 14.4 Å². The first-order valence-electron chi connectivity index (χ1n) is 7.72. The average molecular weight is 335 g/mol. The van der Waals surface area contributed by atoms with Crippen molar-refractivity contribution in [2.45, 2.75) is 38.4 Å². The first-order chi connectivity index (χ1) is 10.8. The van der Waals surface area contributed by atoms with Crippen LogP contribution in [-0.2, 0) is 15.8 Å². The molecule has 1 saturated heterocycles. The highest BCUT2D eigenvalue weighted by molar-refractivity contribution is 7.88. The molecule has 1 fully saturated rings. The fraction of sp³-hybridized carbons (Fsp3) is 0.500. The minimum absolute atomic E-state index is 0.00212. The van der Waals surface area contributed by atoms with Crippen LogP contribution in [0.1, 0.15) is 48.5 Å². The molecule has 0 radical (unpaired) electrons. The van der Waals surface area contributed by atoms with Crippen LogP contribution in [0.25, 0.3) is 0 Å². The van der Waals surface area contributed by atoms with Crippen molar-refractivity contribution >= 4 is 10.0 Å². The SMILES string of the molecule is Cc1cccc(CS(=O)(=O)N2CC(c3nc(C(C)C)no3)C2)c1. The number of rotatable bonds is 5. The molecule has 0 bridgehead atoms. The Kier molecular flexibility index (Phi) is 4.25. The van der Waals surface area contributed by atoms with Gasteiger partial charge in [0, 0.05) is 19.0 Å². The molecule has 124 valence electrons. The van der Waals surface area contributed by atoms with E-state index in [0.717, 1.165) is 11.1 Å². The Hall–Kier alpha value is -1.73. The van der Waals surface area contributed by atoms with Gasteiger partial charge in [0.25, 0.3) is 0 Å². The first kappa shape index (κ1) is 16.1. The van der Waals surface area contributed by atoms with Crippen LogP contribution in [0.3, 0.4) is 0 Å². The van der Waals surface area contributed by atoms with Crippen molar-refractivity contribution in [2.24, 2.45) is 0 Å². The fourth-order valence-corrected chi connectivity index (χ4v) is 4.17. The van der Waals surface area contributed by atoms with E-state index in [4.69, 9.17) is 4.52 Å². The monoisotopic (exact) mass is 335 g/mol. The second kappa shape index (κ2) is 6.05. The van der Waals surface area contributed by atoms with E-state index in [1.807, 2.05) is 45.0 Å². The first-order valence-corrected chi connectivity index (χ1v) is 9.33. The summed E-state index contributed by atoms with van der Waals surface area (Å²) in [5, 5.41) is 3.93.